The van der Waals surface area contributed by atoms with Crippen LogP contribution in [-0.2, 0) is 0 Å². The lowest BCUT2D eigenvalue weighted by atomic mass is 10.2. The Morgan fingerprint density at radius 3 is 2.16 bits per heavy atom. The van der Waals surface area contributed by atoms with Gasteiger partial charge in [0.25, 0.3) is 5.91 Å². The van der Waals surface area contributed by atoms with Crippen LogP contribution in [0.2, 0.25) is 10.0 Å². The molecule has 0 fully saturated rings. The van der Waals surface area contributed by atoms with Crippen molar-refractivity contribution in [3.8, 4) is 0 Å². The minimum absolute atomic E-state index is 0.237. The molecule has 0 spiro atoms. The van der Waals surface area contributed by atoms with Gasteiger partial charge < -0.3 is 10.6 Å². The fraction of sp³-hybridized carbons (Fsp3) is 0. The van der Waals surface area contributed by atoms with Gasteiger partial charge in [0.05, 0.1) is 21.3 Å². The van der Waals surface area contributed by atoms with E-state index in [1.807, 2.05) is 0 Å². The largest absolute Gasteiger partial charge is 0.324 e. The lowest BCUT2D eigenvalue weighted by molar-refractivity contribution is 0.102. The molecule has 25 heavy (non-hydrogen) atoms. The van der Waals surface area contributed by atoms with Crippen LogP contribution < -0.4 is 10.6 Å². The highest BCUT2D eigenvalue weighted by molar-refractivity contribution is 6.40. The second-order valence-corrected chi connectivity index (χ2v) is 5.79. The Bertz CT molecular complexity index is 881. The fourth-order valence-electron chi connectivity index (χ4n) is 1.98. The third-order valence-corrected chi connectivity index (χ3v) is 3.85. The highest BCUT2D eigenvalue weighted by Crippen LogP contribution is 2.30. The van der Waals surface area contributed by atoms with E-state index in [2.05, 4.69) is 20.6 Å². The fourth-order valence-corrected chi connectivity index (χ4v) is 2.47. The number of carbonyl (C=O) groups excluding carboxylic acids is 1. The molecule has 0 aliphatic carbocycles. The number of hydrogen-bond acceptors (Lipinski definition) is 4. The zero-order valence-corrected chi connectivity index (χ0v) is 14.1. The second kappa shape index (κ2) is 7.46. The Morgan fingerprint density at radius 1 is 0.960 bits per heavy atom. The number of carbonyl (C=O) groups is 1. The maximum Gasteiger partial charge on any atom is 0.258 e. The van der Waals surface area contributed by atoms with Crippen LogP contribution in [0.4, 0.5) is 21.7 Å². The molecule has 0 bridgehead atoms. The number of anilines is 3. The number of rotatable bonds is 4. The van der Waals surface area contributed by atoms with E-state index in [9.17, 15) is 9.18 Å². The molecule has 1 aromatic heterocycles. The topological polar surface area (TPSA) is 66.9 Å². The molecule has 5 nitrogen and oxygen atoms in total. The molecule has 3 rings (SSSR count). The molecule has 0 aliphatic rings. The summed E-state index contributed by atoms with van der Waals surface area (Å²) in [6.45, 7) is 0. The maximum atomic E-state index is 12.9. The Kier molecular flexibility index (Phi) is 5.11. The Balaban J connectivity index is 1.71. The average molecular weight is 377 g/mol. The van der Waals surface area contributed by atoms with Crippen molar-refractivity contribution in [3.63, 3.8) is 0 Å². The van der Waals surface area contributed by atoms with Crippen molar-refractivity contribution >= 4 is 46.4 Å². The monoisotopic (exact) mass is 376 g/mol. The summed E-state index contributed by atoms with van der Waals surface area (Å²) in [5, 5.41) is 6.19. The molecule has 2 N–H and O–H groups in total. The summed E-state index contributed by atoms with van der Waals surface area (Å²) in [5.74, 6) is -0.501. The zero-order chi connectivity index (χ0) is 17.8. The van der Waals surface area contributed by atoms with Gasteiger partial charge in [-0.05, 0) is 36.4 Å². The third kappa shape index (κ3) is 4.23. The first kappa shape index (κ1) is 17.1. The molecule has 0 saturated heterocycles. The first-order chi connectivity index (χ1) is 12.0. The van der Waals surface area contributed by atoms with E-state index in [0.717, 1.165) is 0 Å². The number of para-hydroxylation sites is 1. The molecule has 1 heterocycles. The van der Waals surface area contributed by atoms with Gasteiger partial charge in [0.15, 0.2) is 0 Å². The van der Waals surface area contributed by atoms with Crippen molar-refractivity contribution < 1.29 is 9.18 Å². The van der Waals surface area contributed by atoms with E-state index < -0.39 is 5.91 Å². The second-order valence-electron chi connectivity index (χ2n) is 4.98. The van der Waals surface area contributed by atoms with Gasteiger partial charge in [-0.15, -0.1) is 0 Å². The molecule has 1 amide bonds. The number of benzene rings is 2. The van der Waals surface area contributed by atoms with Crippen LogP contribution >= 0.6 is 23.2 Å². The summed E-state index contributed by atoms with van der Waals surface area (Å²) in [6.07, 6.45) is 2.72. The van der Waals surface area contributed by atoms with E-state index in [4.69, 9.17) is 23.2 Å². The number of amides is 1. The van der Waals surface area contributed by atoms with Gasteiger partial charge in [-0.3, -0.25) is 4.79 Å². The normalized spacial score (nSPS) is 10.4. The average Bonchev–Trinajstić information content (AvgIpc) is 2.61. The van der Waals surface area contributed by atoms with Crippen LogP contribution in [0.1, 0.15) is 10.4 Å². The molecule has 0 unspecified atom stereocenters. The molecule has 8 heteroatoms. The van der Waals surface area contributed by atoms with Gasteiger partial charge in [0.2, 0.25) is 5.95 Å². The summed E-state index contributed by atoms with van der Waals surface area (Å²) in [6, 6.07) is 10.7. The molecule has 0 saturated carbocycles. The Morgan fingerprint density at radius 2 is 1.56 bits per heavy atom. The SMILES string of the molecule is O=C(Nc1c(Cl)cccc1Cl)c1cnc(Nc2ccc(F)cc2)nc1. The molecule has 2 aromatic carbocycles. The highest BCUT2D eigenvalue weighted by Gasteiger charge is 2.12. The maximum absolute atomic E-state index is 12.9. The first-order valence-electron chi connectivity index (χ1n) is 7.13. The summed E-state index contributed by atoms with van der Waals surface area (Å²) in [7, 11) is 0. The van der Waals surface area contributed by atoms with Gasteiger partial charge in [0.1, 0.15) is 5.82 Å². The molecule has 0 aliphatic heterocycles. The zero-order valence-electron chi connectivity index (χ0n) is 12.6. The van der Waals surface area contributed by atoms with Gasteiger partial charge in [-0.1, -0.05) is 29.3 Å². The van der Waals surface area contributed by atoms with Crippen molar-refractivity contribution in [2.75, 3.05) is 10.6 Å². The van der Waals surface area contributed by atoms with Crippen LogP contribution in [0.25, 0.3) is 0 Å². The minimum atomic E-state index is -0.441. The van der Waals surface area contributed by atoms with Gasteiger partial charge in [-0.25, -0.2) is 14.4 Å². The standard InChI is InChI=1S/C17H11Cl2FN4O/c18-13-2-1-3-14(19)15(13)24-16(25)10-8-21-17(22-9-10)23-12-6-4-11(20)5-7-12/h1-9H,(H,24,25)(H,21,22,23). The predicted molar refractivity (Wildman–Crippen MR) is 96.1 cm³/mol. The quantitative estimate of drug-likeness (QED) is 0.678. The van der Waals surface area contributed by atoms with E-state index >= 15 is 0 Å². The molecule has 0 atom stereocenters. The Labute approximate surface area is 152 Å². The number of halogens is 3. The van der Waals surface area contributed by atoms with E-state index in [1.165, 1.54) is 24.5 Å². The van der Waals surface area contributed by atoms with Crippen LogP contribution in [0.15, 0.2) is 54.9 Å². The van der Waals surface area contributed by atoms with Crippen LogP contribution in [0.3, 0.4) is 0 Å². The number of nitrogens with zero attached hydrogens (tertiary/aromatic N) is 2. The van der Waals surface area contributed by atoms with Crippen molar-refractivity contribution in [2.45, 2.75) is 0 Å². The van der Waals surface area contributed by atoms with Crippen LogP contribution in [0, 0.1) is 5.82 Å². The smallest absolute Gasteiger partial charge is 0.258 e. The van der Waals surface area contributed by atoms with Crippen LogP contribution in [0.5, 0.6) is 0 Å². The number of nitrogens with one attached hydrogen (secondary N) is 2. The van der Waals surface area contributed by atoms with Gasteiger partial charge >= 0.3 is 0 Å². The predicted octanol–water partition coefficient (Wildman–Crippen LogP) is 4.92. The Hall–Kier alpha value is -2.70. The summed E-state index contributed by atoms with van der Waals surface area (Å²) < 4.78 is 12.9. The minimum Gasteiger partial charge on any atom is -0.324 e. The van der Waals surface area contributed by atoms with Gasteiger partial charge in [-0.2, -0.15) is 0 Å². The number of hydrogen-bond donors (Lipinski definition) is 2. The van der Waals surface area contributed by atoms with E-state index in [1.54, 1.807) is 30.3 Å². The number of aromatic nitrogens is 2. The lowest BCUT2D eigenvalue weighted by Gasteiger charge is -2.09. The summed E-state index contributed by atoms with van der Waals surface area (Å²) >= 11 is 12.0. The molecule has 0 radical (unpaired) electrons. The molecular formula is C17H11Cl2FN4O. The van der Waals surface area contributed by atoms with Crippen molar-refractivity contribution in [3.05, 3.63) is 76.3 Å². The summed E-state index contributed by atoms with van der Waals surface area (Å²) in [5.41, 5.74) is 1.19. The molecular weight excluding hydrogens is 366 g/mol. The van der Waals surface area contributed by atoms with Crippen molar-refractivity contribution in [2.24, 2.45) is 0 Å². The third-order valence-electron chi connectivity index (χ3n) is 3.22. The van der Waals surface area contributed by atoms with E-state index in [-0.39, 0.29) is 17.3 Å². The molecule has 3 aromatic rings. The first-order valence-corrected chi connectivity index (χ1v) is 7.88. The lowest BCUT2D eigenvalue weighted by Crippen LogP contribution is -2.13. The van der Waals surface area contributed by atoms with E-state index in [0.29, 0.717) is 21.4 Å². The van der Waals surface area contributed by atoms with Crippen molar-refractivity contribution in [1.29, 1.82) is 0 Å². The van der Waals surface area contributed by atoms with Crippen molar-refractivity contribution in [1.82, 2.24) is 9.97 Å². The highest BCUT2D eigenvalue weighted by atomic mass is 35.5. The summed E-state index contributed by atoms with van der Waals surface area (Å²) in [4.78, 5) is 20.4. The van der Waals surface area contributed by atoms with Crippen LogP contribution in [-0.4, -0.2) is 15.9 Å². The van der Waals surface area contributed by atoms with Gasteiger partial charge in [0, 0.05) is 18.1 Å². The molecule has 126 valence electrons.